The van der Waals surface area contributed by atoms with Crippen LogP contribution in [-0.4, -0.2) is 22.4 Å². The van der Waals surface area contributed by atoms with Crippen molar-refractivity contribution < 1.29 is 18.8 Å². The van der Waals surface area contributed by atoms with Crippen LogP contribution in [0.5, 0.6) is 11.5 Å². The lowest BCUT2D eigenvalue weighted by Gasteiger charge is -2.03. The summed E-state index contributed by atoms with van der Waals surface area (Å²) < 4.78 is 23.7. The van der Waals surface area contributed by atoms with Gasteiger partial charge in [0.25, 0.3) is 5.89 Å². The molecule has 0 amide bonds. The molecule has 0 aliphatic carbocycles. The Balaban J connectivity index is 1.99. The molecule has 0 bridgehead atoms. The normalized spacial score (nSPS) is 10.6. The van der Waals surface area contributed by atoms with Gasteiger partial charge in [0.2, 0.25) is 5.82 Å². The molecule has 0 unspecified atom stereocenters. The third kappa shape index (κ3) is 2.43. The first-order chi connectivity index (χ1) is 10.2. The van der Waals surface area contributed by atoms with Gasteiger partial charge in [0.1, 0.15) is 5.82 Å². The molecule has 1 heterocycles. The molecule has 0 spiro atoms. The van der Waals surface area contributed by atoms with Crippen LogP contribution in [0.15, 0.2) is 47.0 Å². The molecule has 0 saturated heterocycles. The van der Waals surface area contributed by atoms with E-state index in [4.69, 9.17) is 9.26 Å². The summed E-state index contributed by atoms with van der Waals surface area (Å²) in [5, 5.41) is 13.5. The number of ether oxygens (including phenoxy) is 1. The van der Waals surface area contributed by atoms with E-state index in [1.807, 2.05) is 0 Å². The summed E-state index contributed by atoms with van der Waals surface area (Å²) in [6.45, 7) is 0. The molecule has 1 N–H and O–H groups in total. The topological polar surface area (TPSA) is 68.4 Å². The number of nitrogens with zero attached hydrogens (tertiary/aromatic N) is 2. The summed E-state index contributed by atoms with van der Waals surface area (Å²) in [5.41, 5.74) is 0.772. The first kappa shape index (κ1) is 13.1. The quantitative estimate of drug-likeness (QED) is 0.800. The van der Waals surface area contributed by atoms with E-state index in [1.54, 1.807) is 30.3 Å². The molecule has 6 heteroatoms. The summed E-state index contributed by atoms with van der Waals surface area (Å²) in [4.78, 5) is 4.14. The van der Waals surface area contributed by atoms with E-state index >= 15 is 0 Å². The van der Waals surface area contributed by atoms with Crippen LogP contribution in [0.25, 0.3) is 22.8 Å². The van der Waals surface area contributed by atoms with Gasteiger partial charge in [-0.15, -0.1) is 0 Å². The van der Waals surface area contributed by atoms with Crippen LogP contribution in [0.4, 0.5) is 4.39 Å². The van der Waals surface area contributed by atoms with E-state index in [2.05, 4.69) is 10.1 Å². The largest absolute Gasteiger partial charge is 0.504 e. The Morgan fingerprint density at radius 1 is 1.19 bits per heavy atom. The average molecular weight is 286 g/mol. The van der Waals surface area contributed by atoms with Gasteiger partial charge in [-0.2, -0.15) is 4.98 Å². The standard InChI is InChI=1S/C15H11FN2O3/c1-20-13-7-6-9(8-12(13)19)15-17-14(18-21-15)10-4-2-3-5-11(10)16/h2-8,19H,1H3. The molecule has 5 nitrogen and oxygen atoms in total. The molecule has 0 saturated carbocycles. The van der Waals surface area contributed by atoms with Crippen LogP contribution in [0.3, 0.4) is 0 Å². The van der Waals surface area contributed by atoms with Crippen LogP contribution in [0.2, 0.25) is 0 Å². The molecule has 0 aliphatic heterocycles. The third-order valence-electron chi connectivity index (χ3n) is 2.97. The number of aromatic nitrogens is 2. The smallest absolute Gasteiger partial charge is 0.258 e. The van der Waals surface area contributed by atoms with E-state index in [1.165, 1.54) is 19.2 Å². The lowest BCUT2D eigenvalue weighted by atomic mass is 10.2. The highest BCUT2D eigenvalue weighted by Crippen LogP contribution is 2.31. The van der Waals surface area contributed by atoms with Crippen molar-refractivity contribution in [2.24, 2.45) is 0 Å². The van der Waals surface area contributed by atoms with Gasteiger partial charge in [0.15, 0.2) is 11.5 Å². The number of rotatable bonds is 3. The van der Waals surface area contributed by atoms with E-state index in [0.717, 1.165) is 0 Å². The molecule has 106 valence electrons. The van der Waals surface area contributed by atoms with Crippen molar-refractivity contribution >= 4 is 0 Å². The Morgan fingerprint density at radius 2 is 2.00 bits per heavy atom. The Kier molecular flexibility index (Phi) is 3.27. The number of phenolic OH excluding ortho intramolecular Hbond substituents is 1. The first-order valence-electron chi connectivity index (χ1n) is 6.15. The maximum Gasteiger partial charge on any atom is 0.258 e. The molecular weight excluding hydrogens is 275 g/mol. The molecule has 0 radical (unpaired) electrons. The number of methoxy groups -OCH3 is 1. The molecule has 21 heavy (non-hydrogen) atoms. The minimum Gasteiger partial charge on any atom is -0.504 e. The zero-order valence-electron chi connectivity index (χ0n) is 11.1. The van der Waals surface area contributed by atoms with Gasteiger partial charge in [-0.25, -0.2) is 4.39 Å². The van der Waals surface area contributed by atoms with Gasteiger partial charge in [-0.1, -0.05) is 17.3 Å². The number of hydrogen-bond donors (Lipinski definition) is 1. The monoisotopic (exact) mass is 286 g/mol. The fraction of sp³-hybridized carbons (Fsp3) is 0.0667. The highest BCUT2D eigenvalue weighted by Gasteiger charge is 2.14. The molecule has 2 aromatic carbocycles. The van der Waals surface area contributed by atoms with Crippen LogP contribution in [0.1, 0.15) is 0 Å². The fourth-order valence-corrected chi connectivity index (χ4v) is 1.92. The van der Waals surface area contributed by atoms with E-state index in [9.17, 15) is 9.50 Å². The van der Waals surface area contributed by atoms with Crippen molar-refractivity contribution in [1.82, 2.24) is 10.1 Å². The van der Waals surface area contributed by atoms with Gasteiger partial charge in [-0.05, 0) is 30.3 Å². The van der Waals surface area contributed by atoms with Crippen molar-refractivity contribution in [1.29, 1.82) is 0 Å². The summed E-state index contributed by atoms with van der Waals surface area (Å²) in [7, 11) is 1.46. The van der Waals surface area contributed by atoms with Gasteiger partial charge in [0.05, 0.1) is 12.7 Å². The van der Waals surface area contributed by atoms with Gasteiger partial charge in [-0.3, -0.25) is 0 Å². The lowest BCUT2D eigenvalue weighted by Crippen LogP contribution is -1.86. The second kappa shape index (κ2) is 5.24. The highest BCUT2D eigenvalue weighted by molar-refractivity contribution is 5.62. The number of phenols is 1. The molecule has 0 atom stereocenters. The average Bonchev–Trinajstić information content (AvgIpc) is 2.97. The Morgan fingerprint density at radius 3 is 2.71 bits per heavy atom. The predicted octanol–water partition coefficient (Wildman–Crippen LogP) is 3.26. The van der Waals surface area contributed by atoms with Crippen molar-refractivity contribution in [3.05, 3.63) is 48.3 Å². The number of aromatic hydroxyl groups is 1. The molecule has 0 aliphatic rings. The zero-order chi connectivity index (χ0) is 14.8. The minimum absolute atomic E-state index is 0.0411. The summed E-state index contributed by atoms with van der Waals surface area (Å²) in [6.07, 6.45) is 0. The lowest BCUT2D eigenvalue weighted by molar-refractivity contribution is 0.373. The van der Waals surface area contributed by atoms with Crippen LogP contribution in [0, 0.1) is 5.82 Å². The van der Waals surface area contributed by atoms with E-state index < -0.39 is 5.82 Å². The van der Waals surface area contributed by atoms with Gasteiger partial charge in [0, 0.05) is 5.56 Å². The maximum atomic E-state index is 13.7. The van der Waals surface area contributed by atoms with Gasteiger partial charge >= 0.3 is 0 Å². The van der Waals surface area contributed by atoms with Crippen molar-refractivity contribution in [3.63, 3.8) is 0 Å². The Labute approximate surface area is 119 Å². The maximum absolute atomic E-state index is 13.7. The molecule has 0 fully saturated rings. The Hall–Kier alpha value is -2.89. The van der Waals surface area contributed by atoms with Crippen LogP contribution >= 0.6 is 0 Å². The second-order valence-corrected chi connectivity index (χ2v) is 4.29. The van der Waals surface area contributed by atoms with Gasteiger partial charge < -0.3 is 14.4 Å². The highest BCUT2D eigenvalue weighted by atomic mass is 19.1. The molecule has 3 aromatic rings. The summed E-state index contributed by atoms with van der Waals surface area (Å²) >= 11 is 0. The van der Waals surface area contributed by atoms with E-state index in [0.29, 0.717) is 11.3 Å². The number of benzene rings is 2. The van der Waals surface area contributed by atoms with Crippen LogP contribution < -0.4 is 4.74 Å². The van der Waals surface area contributed by atoms with E-state index in [-0.39, 0.29) is 23.0 Å². The summed E-state index contributed by atoms with van der Waals surface area (Å²) in [6, 6.07) is 10.8. The second-order valence-electron chi connectivity index (χ2n) is 4.29. The van der Waals surface area contributed by atoms with Crippen molar-refractivity contribution in [2.75, 3.05) is 7.11 Å². The minimum atomic E-state index is -0.428. The fourth-order valence-electron chi connectivity index (χ4n) is 1.92. The number of halogens is 1. The predicted molar refractivity (Wildman–Crippen MR) is 73.3 cm³/mol. The number of hydrogen-bond acceptors (Lipinski definition) is 5. The molecule has 1 aromatic heterocycles. The third-order valence-corrected chi connectivity index (χ3v) is 2.97. The van der Waals surface area contributed by atoms with Crippen molar-refractivity contribution in [2.45, 2.75) is 0 Å². The van der Waals surface area contributed by atoms with Crippen molar-refractivity contribution in [3.8, 4) is 34.3 Å². The van der Waals surface area contributed by atoms with Crippen LogP contribution in [-0.2, 0) is 0 Å². The molecule has 3 rings (SSSR count). The SMILES string of the molecule is COc1ccc(-c2nc(-c3ccccc3F)no2)cc1O. The Bertz CT molecular complexity index is 786. The summed E-state index contributed by atoms with van der Waals surface area (Å²) in [5.74, 6) is 0.209. The molecular formula is C15H11FN2O3. The zero-order valence-corrected chi connectivity index (χ0v) is 11.1. The first-order valence-corrected chi connectivity index (χ1v) is 6.15.